The Bertz CT molecular complexity index is 1560. The molecule has 38 heavy (non-hydrogen) atoms. The Labute approximate surface area is 223 Å². The van der Waals surface area contributed by atoms with Gasteiger partial charge in [0.15, 0.2) is 0 Å². The summed E-state index contributed by atoms with van der Waals surface area (Å²) in [5, 5.41) is 1.93. The van der Waals surface area contributed by atoms with E-state index in [2.05, 4.69) is 28.9 Å². The van der Waals surface area contributed by atoms with Crippen molar-refractivity contribution in [2.75, 3.05) is 19.6 Å². The number of nitrogens with zero attached hydrogens (tertiary/aromatic N) is 2. The number of rotatable bonds is 2. The van der Waals surface area contributed by atoms with Crippen molar-refractivity contribution in [2.24, 2.45) is 11.8 Å². The topological polar surface area (TPSA) is 66.9 Å². The quantitative estimate of drug-likeness (QED) is 0.322. The van der Waals surface area contributed by atoms with Gasteiger partial charge in [0.05, 0.1) is 18.0 Å². The van der Waals surface area contributed by atoms with Crippen LogP contribution in [0.25, 0.3) is 21.9 Å². The molecule has 1 aromatic carbocycles. The van der Waals surface area contributed by atoms with Crippen LogP contribution in [0.15, 0.2) is 31.3 Å². The predicted molar refractivity (Wildman–Crippen MR) is 149 cm³/mol. The van der Waals surface area contributed by atoms with Crippen LogP contribution in [-0.4, -0.2) is 47.4 Å². The standard InChI is InChI=1S/C32H38N2O4/c1-17-20(4)37-30-19(3)31-25(14-24(17)30)18(2)26(32(36)38-31)15-28(35)34-11-7-8-21-12-22-13-23(29(21)34)16-33-10-6-5-9-27(22)33/h12,14,22-23,27,29H,5-11,13,15-16H2,1-4H3/t22-,23+,27+,29+/m0/s1. The minimum atomic E-state index is -0.406. The van der Waals surface area contributed by atoms with Crippen molar-refractivity contribution in [2.45, 2.75) is 84.7 Å². The van der Waals surface area contributed by atoms with Gasteiger partial charge in [0.2, 0.25) is 5.91 Å². The minimum Gasteiger partial charge on any atom is -0.461 e. The van der Waals surface area contributed by atoms with Gasteiger partial charge in [-0.25, -0.2) is 4.79 Å². The molecular formula is C32H38N2O4. The van der Waals surface area contributed by atoms with E-state index in [1.54, 1.807) is 0 Å². The molecule has 0 radical (unpaired) electrons. The highest BCUT2D eigenvalue weighted by Crippen LogP contribution is 2.45. The van der Waals surface area contributed by atoms with Crippen molar-refractivity contribution in [3.63, 3.8) is 0 Å². The Balaban J connectivity index is 1.23. The van der Waals surface area contributed by atoms with Crippen LogP contribution in [0.5, 0.6) is 0 Å². The summed E-state index contributed by atoms with van der Waals surface area (Å²) in [6, 6.07) is 2.94. The Morgan fingerprint density at radius 2 is 1.76 bits per heavy atom. The first-order valence-corrected chi connectivity index (χ1v) is 14.5. The smallest absolute Gasteiger partial charge is 0.340 e. The molecule has 3 saturated heterocycles. The summed E-state index contributed by atoms with van der Waals surface area (Å²) in [7, 11) is 0. The number of benzene rings is 1. The molecule has 3 aromatic rings. The lowest BCUT2D eigenvalue weighted by Gasteiger charge is -2.54. The second kappa shape index (κ2) is 8.84. The molecule has 7 rings (SSSR count). The molecule has 0 saturated carbocycles. The minimum absolute atomic E-state index is 0.0581. The number of hydrogen-bond acceptors (Lipinski definition) is 5. The monoisotopic (exact) mass is 514 g/mol. The maximum absolute atomic E-state index is 13.9. The van der Waals surface area contributed by atoms with Crippen LogP contribution in [0, 0.1) is 39.5 Å². The Hall–Kier alpha value is -2.86. The van der Waals surface area contributed by atoms with Gasteiger partial charge in [0, 0.05) is 35.5 Å². The fourth-order valence-corrected chi connectivity index (χ4v) is 8.20. The van der Waals surface area contributed by atoms with E-state index in [0.717, 1.165) is 64.7 Å². The summed E-state index contributed by atoms with van der Waals surface area (Å²) < 4.78 is 11.9. The van der Waals surface area contributed by atoms with Crippen molar-refractivity contribution in [1.29, 1.82) is 0 Å². The third kappa shape index (κ3) is 3.55. The van der Waals surface area contributed by atoms with E-state index in [1.807, 2.05) is 20.8 Å². The zero-order valence-electron chi connectivity index (χ0n) is 23.1. The van der Waals surface area contributed by atoms with Gasteiger partial charge in [-0.2, -0.15) is 0 Å². The molecule has 4 atom stereocenters. The van der Waals surface area contributed by atoms with Crippen molar-refractivity contribution >= 4 is 27.8 Å². The first kappa shape index (κ1) is 24.2. The first-order chi connectivity index (χ1) is 18.3. The number of fused-ring (bicyclic) bond motifs is 8. The Morgan fingerprint density at radius 3 is 2.61 bits per heavy atom. The molecule has 6 nitrogen and oxygen atoms in total. The molecule has 4 aliphatic rings. The molecule has 200 valence electrons. The highest BCUT2D eigenvalue weighted by Gasteiger charge is 2.47. The summed E-state index contributed by atoms with van der Waals surface area (Å²) in [6.45, 7) is 11.0. The average Bonchev–Trinajstić information content (AvgIpc) is 3.20. The van der Waals surface area contributed by atoms with Crippen molar-refractivity contribution in [1.82, 2.24) is 9.80 Å². The lowest BCUT2D eigenvalue weighted by Crippen LogP contribution is -2.60. The number of likely N-dealkylation sites (tertiary alicyclic amines) is 1. The molecule has 3 fully saturated rings. The molecule has 3 aliphatic heterocycles. The Kier molecular flexibility index (Phi) is 5.63. The third-order valence-electron chi connectivity index (χ3n) is 10.2. The van der Waals surface area contributed by atoms with Gasteiger partial charge in [-0.15, -0.1) is 0 Å². The van der Waals surface area contributed by atoms with Gasteiger partial charge >= 0.3 is 5.63 Å². The van der Waals surface area contributed by atoms with Gasteiger partial charge < -0.3 is 13.7 Å². The third-order valence-corrected chi connectivity index (χ3v) is 10.2. The summed E-state index contributed by atoms with van der Waals surface area (Å²) in [6.07, 6.45) is 9.88. The summed E-state index contributed by atoms with van der Waals surface area (Å²) in [5.41, 5.74) is 5.66. The SMILES string of the molecule is Cc1oc2c(C)c3oc(=O)c(CC(=O)N4CCCC5=C[C@H]6C[C@H](CN7CCCC[C@H]67)[C@@H]54)c(C)c3cc2c1C. The number of piperidine rings is 3. The molecule has 1 aliphatic carbocycles. The number of aryl methyl sites for hydroxylation is 4. The number of carbonyl (C=O) groups excluding carboxylic acids is 1. The van der Waals surface area contributed by atoms with Crippen LogP contribution < -0.4 is 5.63 Å². The first-order valence-electron chi connectivity index (χ1n) is 14.5. The van der Waals surface area contributed by atoms with Gasteiger partial charge in [0.25, 0.3) is 0 Å². The number of hydrogen-bond donors (Lipinski definition) is 0. The van der Waals surface area contributed by atoms with E-state index >= 15 is 0 Å². The summed E-state index contributed by atoms with van der Waals surface area (Å²) in [4.78, 5) is 32.0. The zero-order chi connectivity index (χ0) is 26.3. The van der Waals surface area contributed by atoms with Crippen molar-refractivity contribution in [3.8, 4) is 0 Å². The van der Waals surface area contributed by atoms with Crippen molar-refractivity contribution < 1.29 is 13.6 Å². The zero-order valence-corrected chi connectivity index (χ0v) is 23.1. The number of carbonyl (C=O) groups is 1. The van der Waals surface area contributed by atoms with Gasteiger partial charge in [-0.3, -0.25) is 9.69 Å². The van der Waals surface area contributed by atoms with Crippen LogP contribution in [-0.2, 0) is 11.2 Å². The summed E-state index contributed by atoms with van der Waals surface area (Å²) in [5.74, 6) is 2.06. The van der Waals surface area contributed by atoms with Crippen LogP contribution in [0.4, 0.5) is 0 Å². The highest BCUT2D eigenvalue weighted by molar-refractivity contribution is 6.00. The van der Waals surface area contributed by atoms with Gasteiger partial charge in [-0.05, 0) is 95.4 Å². The molecule has 5 heterocycles. The fraction of sp³-hybridized carbons (Fsp3) is 0.562. The highest BCUT2D eigenvalue weighted by atomic mass is 16.4. The summed E-state index contributed by atoms with van der Waals surface area (Å²) >= 11 is 0. The van der Waals surface area contributed by atoms with Gasteiger partial charge in [-0.1, -0.05) is 18.1 Å². The van der Waals surface area contributed by atoms with Crippen LogP contribution in [0.2, 0.25) is 0 Å². The lowest BCUT2D eigenvalue weighted by molar-refractivity contribution is -0.135. The Morgan fingerprint density at radius 1 is 0.974 bits per heavy atom. The maximum Gasteiger partial charge on any atom is 0.340 e. The molecule has 2 aromatic heterocycles. The lowest BCUT2D eigenvalue weighted by atomic mass is 9.68. The molecule has 0 spiro atoms. The second-order valence-corrected chi connectivity index (χ2v) is 12.3. The molecule has 1 amide bonds. The maximum atomic E-state index is 13.9. The van der Waals surface area contributed by atoms with E-state index < -0.39 is 5.63 Å². The van der Waals surface area contributed by atoms with E-state index in [9.17, 15) is 9.59 Å². The van der Waals surface area contributed by atoms with E-state index in [4.69, 9.17) is 8.83 Å². The van der Waals surface area contributed by atoms with E-state index in [0.29, 0.717) is 29.0 Å². The number of amides is 1. The second-order valence-electron chi connectivity index (χ2n) is 12.3. The fourth-order valence-electron chi connectivity index (χ4n) is 8.20. The molecular weight excluding hydrogens is 476 g/mol. The van der Waals surface area contributed by atoms with Crippen LogP contribution in [0.1, 0.15) is 66.5 Å². The van der Waals surface area contributed by atoms with Gasteiger partial charge in [0.1, 0.15) is 16.9 Å². The van der Waals surface area contributed by atoms with Crippen LogP contribution >= 0.6 is 0 Å². The van der Waals surface area contributed by atoms with E-state index in [-0.39, 0.29) is 18.4 Å². The van der Waals surface area contributed by atoms with E-state index in [1.165, 1.54) is 37.8 Å². The normalized spacial score (nSPS) is 27.4. The average molecular weight is 515 g/mol. The largest absolute Gasteiger partial charge is 0.461 e. The molecule has 0 N–H and O–H groups in total. The number of furan rings is 1. The van der Waals surface area contributed by atoms with Crippen LogP contribution in [0.3, 0.4) is 0 Å². The van der Waals surface area contributed by atoms with Crippen molar-refractivity contribution in [3.05, 3.63) is 56.1 Å². The predicted octanol–water partition coefficient (Wildman–Crippen LogP) is 5.74. The molecule has 6 heteroatoms. The molecule has 0 unspecified atom stereocenters. The molecule has 2 bridgehead atoms.